The second kappa shape index (κ2) is 23.5. The minimum absolute atomic E-state index is 0.749. The Kier molecular flexibility index (Phi) is 23.4. The lowest BCUT2D eigenvalue weighted by atomic mass is 10.1. The predicted octanol–water partition coefficient (Wildman–Crippen LogP) is 8.58. The Hall–Kier alpha value is -0.163. The maximum absolute atomic E-state index is 5.87. The van der Waals surface area contributed by atoms with Crippen molar-refractivity contribution in [2.45, 2.75) is 130 Å². The SMILES string of the molecule is CCCCCCCC/C=C\CCCCCCCCOCCC[Si](C)(OCC)OCC. The molecule has 0 fully saturated rings. The van der Waals surface area contributed by atoms with E-state index in [9.17, 15) is 0 Å². The van der Waals surface area contributed by atoms with Crippen molar-refractivity contribution in [1.82, 2.24) is 0 Å². The first-order valence-corrected chi connectivity index (χ1v) is 15.7. The monoisotopic (exact) mass is 442 g/mol. The van der Waals surface area contributed by atoms with Crippen LogP contribution in [0.4, 0.5) is 0 Å². The highest BCUT2D eigenvalue weighted by Gasteiger charge is 2.29. The van der Waals surface area contributed by atoms with E-state index < -0.39 is 8.56 Å². The van der Waals surface area contributed by atoms with Crippen LogP contribution in [0.5, 0.6) is 0 Å². The maximum Gasteiger partial charge on any atom is 0.334 e. The predicted molar refractivity (Wildman–Crippen MR) is 135 cm³/mol. The summed E-state index contributed by atoms with van der Waals surface area (Å²) in [6, 6.07) is 1.03. The zero-order chi connectivity index (χ0) is 22.2. The Morgan fingerprint density at radius 2 is 1.03 bits per heavy atom. The van der Waals surface area contributed by atoms with Crippen molar-refractivity contribution in [1.29, 1.82) is 0 Å². The fraction of sp³-hybridized carbons (Fsp3) is 0.923. The van der Waals surface area contributed by atoms with Gasteiger partial charge in [-0.05, 0) is 65.0 Å². The zero-order valence-electron chi connectivity index (χ0n) is 21.0. The van der Waals surface area contributed by atoms with Crippen molar-refractivity contribution in [3.63, 3.8) is 0 Å². The van der Waals surface area contributed by atoms with E-state index in [0.717, 1.165) is 38.9 Å². The third-order valence-electron chi connectivity index (χ3n) is 5.62. The topological polar surface area (TPSA) is 27.7 Å². The summed E-state index contributed by atoms with van der Waals surface area (Å²) in [6.07, 6.45) is 24.8. The third-order valence-corrected chi connectivity index (χ3v) is 8.68. The Morgan fingerprint density at radius 3 is 1.57 bits per heavy atom. The van der Waals surface area contributed by atoms with Gasteiger partial charge >= 0.3 is 8.56 Å². The Labute approximate surface area is 190 Å². The molecule has 0 spiro atoms. The van der Waals surface area contributed by atoms with Gasteiger partial charge in [0.25, 0.3) is 0 Å². The molecule has 0 saturated carbocycles. The summed E-state index contributed by atoms with van der Waals surface area (Å²) in [4.78, 5) is 0. The first-order valence-electron chi connectivity index (χ1n) is 13.2. The molecule has 0 saturated heterocycles. The van der Waals surface area contributed by atoms with E-state index in [1.165, 1.54) is 89.9 Å². The molecular formula is C26H54O3Si. The van der Waals surface area contributed by atoms with Crippen LogP contribution >= 0.6 is 0 Å². The standard InChI is InChI=1S/C26H54O3Si/c1-5-8-9-10-11-12-13-14-15-16-17-18-19-20-21-22-24-27-25-23-26-30(4,28-6-2)29-7-3/h14-15H,5-13,16-26H2,1-4H3/b15-14-. The van der Waals surface area contributed by atoms with Crippen molar-refractivity contribution >= 4 is 8.56 Å². The van der Waals surface area contributed by atoms with Crippen LogP contribution in [0.1, 0.15) is 117 Å². The summed E-state index contributed by atoms with van der Waals surface area (Å²) in [6.45, 7) is 11.8. The third kappa shape index (κ3) is 21.1. The van der Waals surface area contributed by atoms with Crippen molar-refractivity contribution in [3.05, 3.63) is 12.2 Å². The quantitative estimate of drug-likeness (QED) is 0.0850. The normalized spacial score (nSPS) is 12.3. The number of ether oxygens (including phenoxy) is 1. The van der Waals surface area contributed by atoms with E-state index in [0.29, 0.717) is 0 Å². The molecule has 0 aromatic heterocycles. The molecule has 0 unspecified atom stereocenters. The van der Waals surface area contributed by atoms with Gasteiger partial charge in [-0.3, -0.25) is 0 Å². The minimum Gasteiger partial charge on any atom is -0.395 e. The lowest BCUT2D eigenvalue weighted by Gasteiger charge is -2.25. The molecular weight excluding hydrogens is 388 g/mol. The van der Waals surface area contributed by atoms with E-state index in [4.69, 9.17) is 13.6 Å². The molecule has 0 aromatic rings. The molecule has 0 rings (SSSR count). The van der Waals surface area contributed by atoms with E-state index >= 15 is 0 Å². The smallest absolute Gasteiger partial charge is 0.334 e. The number of rotatable bonds is 24. The number of hydrogen-bond acceptors (Lipinski definition) is 3. The largest absolute Gasteiger partial charge is 0.395 e. The molecule has 180 valence electrons. The van der Waals surface area contributed by atoms with Gasteiger partial charge < -0.3 is 13.6 Å². The number of allylic oxidation sites excluding steroid dienone is 2. The van der Waals surface area contributed by atoms with Crippen LogP contribution in [0, 0.1) is 0 Å². The summed E-state index contributed by atoms with van der Waals surface area (Å²) in [7, 11) is -1.95. The first kappa shape index (κ1) is 29.8. The van der Waals surface area contributed by atoms with Gasteiger partial charge in [0.1, 0.15) is 0 Å². The van der Waals surface area contributed by atoms with Crippen molar-refractivity contribution in [2.24, 2.45) is 0 Å². The summed E-state index contributed by atoms with van der Waals surface area (Å²) >= 11 is 0. The van der Waals surface area contributed by atoms with E-state index in [1.807, 2.05) is 0 Å². The van der Waals surface area contributed by atoms with Crippen LogP contribution in [-0.2, 0) is 13.6 Å². The van der Waals surface area contributed by atoms with Gasteiger partial charge in [-0.2, -0.15) is 0 Å². The van der Waals surface area contributed by atoms with Gasteiger partial charge in [0.2, 0.25) is 0 Å². The second-order valence-electron chi connectivity index (χ2n) is 8.65. The Balaban J connectivity index is 3.28. The highest BCUT2D eigenvalue weighted by atomic mass is 28.4. The van der Waals surface area contributed by atoms with Gasteiger partial charge in [-0.1, -0.05) is 76.9 Å². The van der Waals surface area contributed by atoms with Crippen LogP contribution in [0.3, 0.4) is 0 Å². The average molecular weight is 443 g/mol. The van der Waals surface area contributed by atoms with Crippen LogP contribution < -0.4 is 0 Å². The van der Waals surface area contributed by atoms with E-state index in [1.54, 1.807) is 0 Å². The molecule has 0 radical (unpaired) electrons. The van der Waals surface area contributed by atoms with Gasteiger partial charge in [0.15, 0.2) is 0 Å². The summed E-state index contributed by atoms with van der Waals surface area (Å²) in [5.74, 6) is 0. The van der Waals surface area contributed by atoms with Crippen LogP contribution in [0.2, 0.25) is 12.6 Å². The highest BCUT2D eigenvalue weighted by molar-refractivity contribution is 6.66. The fourth-order valence-electron chi connectivity index (χ4n) is 3.85. The maximum atomic E-state index is 5.87. The van der Waals surface area contributed by atoms with Crippen LogP contribution in [0.15, 0.2) is 12.2 Å². The molecule has 0 N–H and O–H groups in total. The lowest BCUT2D eigenvalue weighted by Crippen LogP contribution is -2.38. The lowest BCUT2D eigenvalue weighted by molar-refractivity contribution is 0.125. The summed E-state index contributed by atoms with van der Waals surface area (Å²) in [5.41, 5.74) is 0. The zero-order valence-corrected chi connectivity index (χ0v) is 22.0. The highest BCUT2D eigenvalue weighted by Crippen LogP contribution is 2.16. The number of hydrogen-bond donors (Lipinski definition) is 0. The van der Waals surface area contributed by atoms with Crippen LogP contribution in [0.25, 0.3) is 0 Å². The average Bonchev–Trinajstić information content (AvgIpc) is 2.72. The van der Waals surface area contributed by atoms with Gasteiger partial charge in [-0.25, -0.2) is 0 Å². The van der Waals surface area contributed by atoms with Crippen molar-refractivity contribution < 1.29 is 13.6 Å². The van der Waals surface area contributed by atoms with E-state index in [-0.39, 0.29) is 0 Å². The molecule has 3 nitrogen and oxygen atoms in total. The summed E-state index contributed by atoms with van der Waals surface area (Å²) < 4.78 is 17.5. The van der Waals surface area contributed by atoms with Crippen molar-refractivity contribution in [3.8, 4) is 0 Å². The molecule has 0 aliphatic rings. The molecule has 0 heterocycles. The molecule has 0 bridgehead atoms. The molecule has 0 aliphatic carbocycles. The molecule has 0 aromatic carbocycles. The van der Waals surface area contributed by atoms with E-state index in [2.05, 4.69) is 39.5 Å². The van der Waals surface area contributed by atoms with Crippen molar-refractivity contribution in [2.75, 3.05) is 26.4 Å². The Morgan fingerprint density at radius 1 is 0.567 bits per heavy atom. The first-order chi connectivity index (χ1) is 14.7. The molecule has 4 heteroatoms. The van der Waals surface area contributed by atoms with Gasteiger partial charge in [0.05, 0.1) is 0 Å². The second-order valence-corrected chi connectivity index (χ2v) is 12.0. The molecule has 0 amide bonds. The van der Waals surface area contributed by atoms with Gasteiger partial charge in [0, 0.05) is 26.4 Å². The number of unbranched alkanes of at least 4 members (excludes halogenated alkanes) is 12. The molecule has 0 atom stereocenters. The molecule has 30 heavy (non-hydrogen) atoms. The van der Waals surface area contributed by atoms with Gasteiger partial charge in [-0.15, -0.1) is 0 Å². The fourth-order valence-corrected chi connectivity index (χ4v) is 6.23. The Bertz CT molecular complexity index is 354. The summed E-state index contributed by atoms with van der Waals surface area (Å²) in [5, 5.41) is 0. The minimum atomic E-state index is -1.95. The molecule has 0 aliphatic heterocycles. The van der Waals surface area contributed by atoms with Crippen LogP contribution in [-0.4, -0.2) is 35.0 Å².